The van der Waals surface area contributed by atoms with E-state index in [4.69, 9.17) is 39.3 Å². The second-order valence-electron chi connectivity index (χ2n) is 5.65. The maximum atomic E-state index is 7.80. The Hall–Kier alpha value is -3.01. The van der Waals surface area contributed by atoms with Crippen LogP contribution in [0.4, 0.5) is 5.69 Å². The minimum Gasteiger partial charge on any atom is -0.370 e. The Morgan fingerprint density at radius 1 is 0.852 bits per heavy atom. The lowest BCUT2D eigenvalue weighted by molar-refractivity contribution is 0.619. The molecule has 0 saturated heterocycles. The van der Waals surface area contributed by atoms with Crippen LogP contribution >= 0.6 is 11.6 Å². The lowest BCUT2D eigenvalue weighted by atomic mass is 10.2. The Balaban J connectivity index is 2.07. The molecule has 0 amide bonds. The molecule has 1 aromatic carbocycles. The van der Waals surface area contributed by atoms with Gasteiger partial charge in [0, 0.05) is 18.1 Å². The molecule has 0 aliphatic rings. The number of unbranched alkanes of at least 4 members (excludes halogenated alkanes) is 3. The largest absolute Gasteiger partial charge is 0.370 e. The van der Waals surface area contributed by atoms with E-state index in [0.717, 1.165) is 25.7 Å². The van der Waals surface area contributed by atoms with Crippen LogP contribution in [0.1, 0.15) is 25.7 Å². The van der Waals surface area contributed by atoms with Crippen LogP contribution in [-0.4, -0.2) is 36.9 Å². The maximum Gasteiger partial charge on any atom is 0.200 e. The summed E-state index contributed by atoms with van der Waals surface area (Å²) in [5, 5.41) is 33.7. The van der Waals surface area contributed by atoms with E-state index in [1.165, 1.54) is 0 Å². The van der Waals surface area contributed by atoms with E-state index in [2.05, 4.69) is 26.3 Å². The summed E-state index contributed by atoms with van der Waals surface area (Å²) in [6, 6.07) is 6.91. The molecule has 0 spiro atoms. The van der Waals surface area contributed by atoms with Gasteiger partial charge in [-0.15, -0.1) is 0 Å². The SMILES string of the molecule is N=C(N)NC(=N)NCCCCCCNC(=N)NC(N)=Nc1ccc(Cl)cc1. The number of nitrogens with one attached hydrogen (secondary N) is 7. The molecule has 0 aliphatic carbocycles. The number of hydrogen-bond acceptors (Lipinski definition) is 4. The molecule has 10 nitrogen and oxygen atoms in total. The first kappa shape index (κ1) is 22.0. The summed E-state index contributed by atoms with van der Waals surface area (Å²) < 4.78 is 0. The van der Waals surface area contributed by atoms with Gasteiger partial charge in [-0.1, -0.05) is 24.4 Å². The number of halogens is 1. The molecule has 0 unspecified atom stereocenters. The molecule has 0 saturated carbocycles. The summed E-state index contributed by atoms with van der Waals surface area (Å²) in [5.74, 6) is -0.00632. The summed E-state index contributed by atoms with van der Waals surface area (Å²) in [7, 11) is 0. The molecule has 0 aliphatic heterocycles. The zero-order chi connectivity index (χ0) is 20.1. The van der Waals surface area contributed by atoms with Crippen LogP contribution < -0.4 is 32.7 Å². The van der Waals surface area contributed by atoms with Crippen molar-refractivity contribution in [3.8, 4) is 0 Å². The minimum atomic E-state index is -0.256. The highest BCUT2D eigenvalue weighted by Crippen LogP contribution is 2.15. The highest BCUT2D eigenvalue weighted by atomic mass is 35.5. The van der Waals surface area contributed by atoms with Crippen molar-refractivity contribution in [1.82, 2.24) is 21.3 Å². The van der Waals surface area contributed by atoms with Gasteiger partial charge in [0.1, 0.15) is 0 Å². The fourth-order valence-corrected chi connectivity index (χ4v) is 2.19. The van der Waals surface area contributed by atoms with Crippen LogP contribution in [-0.2, 0) is 0 Å². The average molecular weight is 395 g/mol. The van der Waals surface area contributed by atoms with Gasteiger partial charge in [-0.05, 0) is 37.1 Å². The van der Waals surface area contributed by atoms with E-state index in [0.29, 0.717) is 23.8 Å². The molecule has 0 heterocycles. The third-order valence-electron chi connectivity index (χ3n) is 3.30. The average Bonchev–Trinajstić information content (AvgIpc) is 2.58. The van der Waals surface area contributed by atoms with Gasteiger partial charge >= 0.3 is 0 Å². The number of benzene rings is 1. The predicted molar refractivity (Wildman–Crippen MR) is 111 cm³/mol. The van der Waals surface area contributed by atoms with Gasteiger partial charge in [0.05, 0.1) is 5.69 Å². The molecule has 27 heavy (non-hydrogen) atoms. The first-order chi connectivity index (χ1) is 12.9. The van der Waals surface area contributed by atoms with E-state index in [-0.39, 0.29) is 23.8 Å². The van der Waals surface area contributed by atoms with Crippen molar-refractivity contribution in [2.75, 3.05) is 13.1 Å². The Morgan fingerprint density at radius 3 is 1.89 bits per heavy atom. The zero-order valence-electron chi connectivity index (χ0n) is 15.0. The highest BCUT2D eigenvalue weighted by molar-refractivity contribution is 6.30. The van der Waals surface area contributed by atoms with Gasteiger partial charge in [0.25, 0.3) is 0 Å². The number of nitrogens with two attached hydrogens (primary N) is 2. The molecule has 0 bridgehead atoms. The van der Waals surface area contributed by atoms with Crippen molar-refractivity contribution >= 4 is 41.1 Å². The Labute approximate surface area is 163 Å². The van der Waals surface area contributed by atoms with Crippen molar-refractivity contribution in [2.45, 2.75) is 25.7 Å². The van der Waals surface area contributed by atoms with Gasteiger partial charge in [-0.25, -0.2) is 4.99 Å². The number of nitrogens with zero attached hydrogens (tertiary/aromatic N) is 1. The lowest BCUT2D eigenvalue weighted by Gasteiger charge is -2.10. The molecule has 11 heteroatoms. The van der Waals surface area contributed by atoms with Crippen molar-refractivity contribution in [2.24, 2.45) is 16.5 Å². The molecule has 0 radical (unpaired) electrons. The third kappa shape index (κ3) is 11.3. The van der Waals surface area contributed by atoms with Gasteiger partial charge < -0.3 is 22.1 Å². The van der Waals surface area contributed by atoms with Gasteiger partial charge in [0.15, 0.2) is 17.9 Å². The van der Waals surface area contributed by atoms with Crippen molar-refractivity contribution in [1.29, 1.82) is 16.2 Å². The summed E-state index contributed by atoms with van der Waals surface area (Å²) in [4.78, 5) is 4.14. The Kier molecular flexibility index (Phi) is 10.1. The van der Waals surface area contributed by atoms with Gasteiger partial charge in [-0.2, -0.15) is 0 Å². The molecule has 0 aromatic heterocycles. The molecular weight excluding hydrogens is 368 g/mol. The molecule has 11 N–H and O–H groups in total. The van der Waals surface area contributed by atoms with Gasteiger partial charge in [-0.3, -0.25) is 26.9 Å². The quantitative estimate of drug-likeness (QED) is 0.179. The molecule has 1 rings (SSSR count). The molecule has 148 valence electrons. The van der Waals surface area contributed by atoms with Crippen LogP contribution in [0.3, 0.4) is 0 Å². The summed E-state index contributed by atoms with van der Waals surface area (Å²) in [6.07, 6.45) is 3.78. The Morgan fingerprint density at radius 2 is 1.37 bits per heavy atom. The molecular formula is C16H27ClN10. The summed E-state index contributed by atoms with van der Waals surface area (Å²) >= 11 is 5.81. The van der Waals surface area contributed by atoms with Crippen molar-refractivity contribution in [3.05, 3.63) is 29.3 Å². The van der Waals surface area contributed by atoms with Gasteiger partial charge in [0.2, 0.25) is 5.96 Å². The molecule has 1 aromatic rings. The van der Waals surface area contributed by atoms with Crippen LogP contribution in [0.2, 0.25) is 5.02 Å². The first-order valence-corrected chi connectivity index (χ1v) is 8.87. The van der Waals surface area contributed by atoms with E-state index in [9.17, 15) is 0 Å². The fourth-order valence-electron chi connectivity index (χ4n) is 2.06. The first-order valence-electron chi connectivity index (χ1n) is 8.49. The van der Waals surface area contributed by atoms with Crippen molar-refractivity contribution < 1.29 is 0 Å². The van der Waals surface area contributed by atoms with E-state index in [1.807, 2.05) is 0 Å². The number of hydrogen-bond donors (Lipinski definition) is 9. The standard InChI is InChI=1S/C16H27ClN10/c17-11-5-7-12(8-6-11)25-16(22)27-15(21)24-10-4-2-1-3-9-23-14(20)26-13(18)19/h5-8H,1-4,9-10H2,(H6,18,19,20,23,26)(H5,21,22,24,25,27). The Bertz CT molecular complexity index is 656. The summed E-state index contributed by atoms with van der Waals surface area (Å²) in [6.45, 7) is 1.29. The smallest absolute Gasteiger partial charge is 0.200 e. The minimum absolute atomic E-state index is 0.0292. The fraction of sp³-hybridized carbons (Fsp3) is 0.375. The molecule has 0 atom stereocenters. The summed E-state index contributed by atoms with van der Waals surface area (Å²) in [5.41, 5.74) is 11.5. The van der Waals surface area contributed by atoms with Crippen LogP contribution in [0.25, 0.3) is 0 Å². The number of aliphatic imine (C=N–C) groups is 1. The van der Waals surface area contributed by atoms with Crippen molar-refractivity contribution in [3.63, 3.8) is 0 Å². The van der Waals surface area contributed by atoms with Crippen LogP contribution in [0.5, 0.6) is 0 Å². The monoisotopic (exact) mass is 394 g/mol. The van der Waals surface area contributed by atoms with E-state index < -0.39 is 0 Å². The topological polar surface area (TPSA) is 184 Å². The van der Waals surface area contributed by atoms with E-state index >= 15 is 0 Å². The van der Waals surface area contributed by atoms with Crippen LogP contribution in [0.15, 0.2) is 29.3 Å². The highest BCUT2D eigenvalue weighted by Gasteiger charge is 2.00. The van der Waals surface area contributed by atoms with Crippen LogP contribution in [0, 0.1) is 16.2 Å². The normalized spacial score (nSPS) is 10.8. The molecule has 0 fully saturated rings. The number of guanidine groups is 4. The predicted octanol–water partition coefficient (Wildman–Crippen LogP) is 0.968. The third-order valence-corrected chi connectivity index (χ3v) is 3.55. The lowest BCUT2D eigenvalue weighted by Crippen LogP contribution is -2.44. The zero-order valence-corrected chi connectivity index (χ0v) is 15.8. The van der Waals surface area contributed by atoms with E-state index in [1.54, 1.807) is 24.3 Å². The maximum absolute atomic E-state index is 7.80. The second-order valence-corrected chi connectivity index (χ2v) is 6.09. The number of rotatable bonds is 8. The second kappa shape index (κ2) is 12.4.